The molecule has 0 bridgehead atoms. The molecule has 1 fully saturated rings. The smallest absolute Gasteiger partial charge is 0.404 e. The molecule has 3 unspecified atom stereocenters. The average Bonchev–Trinajstić information content (AvgIpc) is 2.91. The number of methoxy groups -OCH3 is 1. The number of rotatable bonds is 8. The maximum absolute atomic E-state index is 14.1. The lowest BCUT2D eigenvalue weighted by Crippen LogP contribution is -2.35. The Morgan fingerprint density at radius 1 is 1.65 bits per heavy atom. The lowest BCUT2D eigenvalue weighted by molar-refractivity contribution is -0.386. The van der Waals surface area contributed by atoms with Gasteiger partial charge in [-0.1, -0.05) is 0 Å². The fourth-order valence-electron chi connectivity index (χ4n) is 2.66. The molecule has 0 aromatic carbocycles. The monoisotopic (exact) mass is 376 g/mol. The highest BCUT2D eigenvalue weighted by atomic mass is 19.1. The number of aromatic nitrogens is 2. The third kappa shape index (κ3) is 4.58. The van der Waals surface area contributed by atoms with E-state index in [1.807, 2.05) is 0 Å². The van der Waals surface area contributed by atoms with Crippen molar-refractivity contribution < 1.29 is 33.4 Å². The largest absolute Gasteiger partial charge is 0.469 e. The van der Waals surface area contributed by atoms with Gasteiger partial charge in [-0.05, 0) is 13.3 Å². The summed E-state index contributed by atoms with van der Waals surface area (Å²) in [5, 5.41) is 26.2. The van der Waals surface area contributed by atoms with Gasteiger partial charge < -0.3 is 24.6 Å². The Morgan fingerprint density at radius 2 is 2.38 bits per heavy atom. The lowest BCUT2D eigenvalue weighted by Gasteiger charge is -2.26. The lowest BCUT2D eigenvalue weighted by atomic mass is 10.1. The van der Waals surface area contributed by atoms with E-state index in [1.165, 1.54) is 18.7 Å². The highest BCUT2D eigenvalue weighted by Gasteiger charge is 2.35. The summed E-state index contributed by atoms with van der Waals surface area (Å²) < 4.78 is 30.9. The van der Waals surface area contributed by atoms with Gasteiger partial charge in [-0.3, -0.25) is 14.8 Å². The second-order valence-electron chi connectivity index (χ2n) is 5.74. The van der Waals surface area contributed by atoms with Gasteiger partial charge in [0.2, 0.25) is 0 Å². The summed E-state index contributed by atoms with van der Waals surface area (Å²) in [5.74, 6) is -0.261. The van der Waals surface area contributed by atoms with E-state index in [0.29, 0.717) is 13.0 Å². The molecule has 1 amide bonds. The molecule has 1 aliphatic heterocycles. The van der Waals surface area contributed by atoms with Crippen LogP contribution < -0.4 is 10.1 Å². The fraction of sp³-hybridized carbons (Fsp3) is 0.714. The highest BCUT2D eigenvalue weighted by Crippen LogP contribution is 2.34. The number of hydrogen-bond donors (Lipinski definition) is 2. The summed E-state index contributed by atoms with van der Waals surface area (Å²) in [4.78, 5) is 21.3. The van der Waals surface area contributed by atoms with E-state index < -0.39 is 29.3 Å². The van der Waals surface area contributed by atoms with Gasteiger partial charge in [0.15, 0.2) is 0 Å². The SMILES string of the molecule is COC(CNC(=O)O)COc1nn(C2CCOCC2F)c(C)c1[N+](=O)[O-]. The first-order valence-corrected chi connectivity index (χ1v) is 7.92. The topological polar surface area (TPSA) is 138 Å². The van der Waals surface area contributed by atoms with Crippen molar-refractivity contribution in [3.05, 3.63) is 15.8 Å². The van der Waals surface area contributed by atoms with Crippen LogP contribution in [0.2, 0.25) is 0 Å². The number of nitro groups is 1. The van der Waals surface area contributed by atoms with Crippen LogP contribution in [0.3, 0.4) is 0 Å². The van der Waals surface area contributed by atoms with Gasteiger partial charge >= 0.3 is 17.7 Å². The minimum absolute atomic E-state index is 0.0637. The molecule has 2 heterocycles. The van der Waals surface area contributed by atoms with E-state index in [0.717, 1.165) is 0 Å². The second kappa shape index (κ2) is 8.76. The second-order valence-corrected chi connectivity index (χ2v) is 5.74. The molecule has 1 aromatic heterocycles. The molecule has 0 spiro atoms. The molecule has 3 atom stereocenters. The van der Waals surface area contributed by atoms with Gasteiger partial charge in [0.05, 0.1) is 24.1 Å². The van der Waals surface area contributed by atoms with Crippen LogP contribution in [0.1, 0.15) is 18.2 Å². The van der Waals surface area contributed by atoms with Gasteiger partial charge in [0, 0.05) is 13.7 Å². The molecule has 1 aliphatic rings. The summed E-state index contributed by atoms with van der Waals surface area (Å²) >= 11 is 0. The number of nitrogens with one attached hydrogen (secondary N) is 1. The van der Waals surface area contributed by atoms with E-state index >= 15 is 0 Å². The molecule has 0 aliphatic carbocycles. The Balaban J connectivity index is 2.17. The van der Waals surface area contributed by atoms with Gasteiger partial charge in [-0.25, -0.2) is 9.18 Å². The van der Waals surface area contributed by atoms with Crippen LogP contribution in [0.25, 0.3) is 0 Å². The molecule has 12 heteroatoms. The number of nitrogens with zero attached hydrogens (tertiary/aromatic N) is 3. The van der Waals surface area contributed by atoms with Crippen LogP contribution in [-0.4, -0.2) is 71.7 Å². The third-order valence-corrected chi connectivity index (χ3v) is 4.06. The molecule has 11 nitrogen and oxygen atoms in total. The average molecular weight is 376 g/mol. The Hall–Kier alpha value is -2.47. The van der Waals surface area contributed by atoms with E-state index in [1.54, 1.807) is 0 Å². The minimum Gasteiger partial charge on any atom is -0.469 e. The number of hydrogen-bond acceptors (Lipinski definition) is 7. The van der Waals surface area contributed by atoms with Crippen LogP contribution in [-0.2, 0) is 9.47 Å². The maximum Gasteiger partial charge on any atom is 0.404 e. The zero-order valence-electron chi connectivity index (χ0n) is 14.4. The predicted octanol–water partition coefficient (Wildman–Crippen LogP) is 1.06. The number of ether oxygens (including phenoxy) is 3. The van der Waals surface area contributed by atoms with Crippen LogP contribution in [0.15, 0.2) is 0 Å². The molecule has 1 aromatic rings. The zero-order valence-corrected chi connectivity index (χ0v) is 14.4. The van der Waals surface area contributed by atoms with Gasteiger partial charge in [0.1, 0.15) is 24.6 Å². The van der Waals surface area contributed by atoms with Crippen molar-refractivity contribution in [2.24, 2.45) is 0 Å². The van der Waals surface area contributed by atoms with Crippen LogP contribution in [0.4, 0.5) is 14.9 Å². The number of halogens is 1. The molecular formula is C14H21FN4O7. The fourth-order valence-corrected chi connectivity index (χ4v) is 2.66. The van der Waals surface area contributed by atoms with Crippen LogP contribution >= 0.6 is 0 Å². The number of carboxylic acid groups (broad SMARTS) is 1. The van der Waals surface area contributed by atoms with Crippen LogP contribution in [0, 0.1) is 17.0 Å². The number of carbonyl (C=O) groups is 1. The van der Waals surface area contributed by atoms with E-state index in [4.69, 9.17) is 19.3 Å². The van der Waals surface area contributed by atoms with E-state index in [9.17, 15) is 19.3 Å². The molecule has 0 saturated carbocycles. The van der Waals surface area contributed by atoms with Gasteiger partial charge in [-0.2, -0.15) is 0 Å². The molecule has 0 radical (unpaired) electrons. The molecule has 146 valence electrons. The summed E-state index contributed by atoms with van der Waals surface area (Å²) in [5.41, 5.74) is -0.179. The van der Waals surface area contributed by atoms with Crippen molar-refractivity contribution in [3.8, 4) is 5.88 Å². The zero-order chi connectivity index (χ0) is 19.3. The first-order valence-electron chi connectivity index (χ1n) is 7.92. The predicted molar refractivity (Wildman–Crippen MR) is 85.3 cm³/mol. The first kappa shape index (κ1) is 19.8. The van der Waals surface area contributed by atoms with Crippen molar-refractivity contribution in [2.75, 3.05) is 33.5 Å². The summed E-state index contributed by atoms with van der Waals surface area (Å²) in [6, 6.07) is -0.674. The Bertz CT molecular complexity index is 653. The van der Waals surface area contributed by atoms with Gasteiger partial charge in [0.25, 0.3) is 0 Å². The Labute approximate surface area is 148 Å². The molecular weight excluding hydrogens is 355 g/mol. The molecule has 2 rings (SSSR count). The highest BCUT2D eigenvalue weighted by molar-refractivity contribution is 5.64. The van der Waals surface area contributed by atoms with Crippen molar-refractivity contribution in [3.63, 3.8) is 0 Å². The van der Waals surface area contributed by atoms with Crippen molar-refractivity contribution in [1.82, 2.24) is 15.1 Å². The summed E-state index contributed by atoms with van der Waals surface area (Å²) in [6.07, 6.45) is -2.90. The summed E-state index contributed by atoms with van der Waals surface area (Å²) in [7, 11) is 1.35. The Kier molecular flexibility index (Phi) is 6.69. The number of amides is 1. The quantitative estimate of drug-likeness (QED) is 0.507. The van der Waals surface area contributed by atoms with Crippen LogP contribution in [0.5, 0.6) is 5.88 Å². The number of alkyl halides is 1. The molecule has 1 saturated heterocycles. The van der Waals surface area contributed by atoms with Crippen molar-refractivity contribution in [1.29, 1.82) is 0 Å². The standard InChI is InChI=1S/C14H21FN4O7/c1-8-12(19(22)23)13(26-6-9(24-2)5-16-14(20)21)17-18(8)11-3-4-25-7-10(11)15/h9-11,16H,3-7H2,1-2H3,(H,20,21). The molecule has 26 heavy (non-hydrogen) atoms. The normalized spacial score (nSPS) is 21.2. The first-order chi connectivity index (χ1) is 12.3. The van der Waals surface area contributed by atoms with Gasteiger partial charge in [-0.15, -0.1) is 5.10 Å². The Morgan fingerprint density at radius 3 is 2.96 bits per heavy atom. The van der Waals surface area contributed by atoms with Crippen molar-refractivity contribution >= 4 is 11.8 Å². The van der Waals surface area contributed by atoms with Crippen molar-refractivity contribution in [2.45, 2.75) is 31.7 Å². The van der Waals surface area contributed by atoms with E-state index in [-0.39, 0.29) is 37.0 Å². The van der Waals surface area contributed by atoms with E-state index in [2.05, 4.69) is 10.4 Å². The minimum atomic E-state index is -1.33. The maximum atomic E-state index is 14.1. The molecule has 2 N–H and O–H groups in total. The summed E-state index contributed by atoms with van der Waals surface area (Å²) in [6.45, 7) is 1.48. The third-order valence-electron chi connectivity index (χ3n) is 4.06.